The highest BCUT2D eigenvalue weighted by molar-refractivity contribution is 7.89. The van der Waals surface area contributed by atoms with Crippen molar-refractivity contribution in [2.24, 2.45) is 11.8 Å². The highest BCUT2D eigenvalue weighted by Crippen LogP contribution is 2.40. The van der Waals surface area contributed by atoms with Crippen LogP contribution in [0.25, 0.3) is 21.9 Å². The van der Waals surface area contributed by atoms with Crippen LogP contribution < -0.4 is 0 Å². The van der Waals surface area contributed by atoms with Gasteiger partial charge in [-0.15, -0.1) is 0 Å². The van der Waals surface area contributed by atoms with E-state index in [2.05, 4.69) is 19.9 Å². The summed E-state index contributed by atoms with van der Waals surface area (Å²) in [5.74, 6) is -0.692. The summed E-state index contributed by atoms with van der Waals surface area (Å²) >= 11 is 0. The van der Waals surface area contributed by atoms with Gasteiger partial charge in [0, 0.05) is 35.8 Å². The number of piperidine rings is 1. The van der Waals surface area contributed by atoms with Gasteiger partial charge in [0.05, 0.1) is 23.4 Å². The Morgan fingerprint density at radius 3 is 2.65 bits per heavy atom. The fourth-order valence-electron chi connectivity index (χ4n) is 5.57. The molecule has 2 fully saturated rings. The summed E-state index contributed by atoms with van der Waals surface area (Å²) in [5, 5.41) is 1.96. The quantitative estimate of drug-likeness (QED) is 0.567. The van der Waals surface area contributed by atoms with E-state index in [0.717, 1.165) is 45.0 Å². The topological polar surface area (TPSA) is 91.8 Å². The Morgan fingerprint density at radius 1 is 1.15 bits per heavy atom. The molecule has 0 radical (unpaired) electrons. The molecule has 0 amide bonds. The summed E-state index contributed by atoms with van der Waals surface area (Å²) in [6.45, 7) is 1.64. The molecule has 4 heterocycles. The van der Waals surface area contributed by atoms with Gasteiger partial charge >= 0.3 is 6.18 Å². The molecule has 1 saturated heterocycles. The first kappa shape index (κ1) is 23.5. The van der Waals surface area contributed by atoms with Crippen LogP contribution in [0.3, 0.4) is 0 Å². The van der Waals surface area contributed by atoms with Crippen molar-refractivity contribution in [1.82, 2.24) is 24.2 Å². The van der Waals surface area contributed by atoms with Gasteiger partial charge in [0.15, 0.2) is 5.65 Å². The van der Waals surface area contributed by atoms with Crippen LogP contribution in [0.5, 0.6) is 0 Å². The highest BCUT2D eigenvalue weighted by Gasteiger charge is 2.44. The second-order valence-corrected chi connectivity index (χ2v) is 11.7. The van der Waals surface area contributed by atoms with E-state index in [1.54, 1.807) is 12.4 Å². The Hall–Kier alpha value is -2.27. The first-order valence-electron chi connectivity index (χ1n) is 11.8. The number of aromatic nitrogens is 4. The summed E-state index contributed by atoms with van der Waals surface area (Å²) in [6.07, 6.45) is 2.39. The van der Waals surface area contributed by atoms with Crippen molar-refractivity contribution in [2.45, 2.75) is 57.5 Å². The number of H-pyrrole nitrogens is 1. The lowest BCUT2D eigenvalue weighted by Gasteiger charge is -2.35. The first-order valence-corrected chi connectivity index (χ1v) is 13.4. The van der Waals surface area contributed by atoms with Crippen LogP contribution >= 0.6 is 0 Å². The number of rotatable bonds is 4. The number of hydrogen-bond acceptors (Lipinski definition) is 5. The molecule has 11 heteroatoms. The number of nitrogens with zero attached hydrogens (tertiary/aromatic N) is 4. The number of fused-ring (bicyclic) bond motifs is 3. The number of pyridine rings is 1. The molecule has 1 aliphatic carbocycles. The van der Waals surface area contributed by atoms with Gasteiger partial charge < -0.3 is 4.98 Å². The van der Waals surface area contributed by atoms with Crippen LogP contribution in [0.4, 0.5) is 13.2 Å². The predicted molar refractivity (Wildman–Crippen MR) is 123 cm³/mol. The predicted octanol–water partition coefficient (Wildman–Crippen LogP) is 4.69. The third kappa shape index (κ3) is 4.51. The number of aromatic amines is 1. The Balaban J connectivity index is 1.30. The first-order chi connectivity index (χ1) is 16.1. The van der Waals surface area contributed by atoms with Gasteiger partial charge in [0.25, 0.3) is 0 Å². The largest absolute Gasteiger partial charge is 0.393 e. The van der Waals surface area contributed by atoms with Crippen molar-refractivity contribution in [3.05, 3.63) is 30.0 Å². The number of sulfonamides is 1. The normalized spacial score (nSPS) is 25.2. The molecule has 1 atom stereocenters. The molecule has 3 aromatic rings. The molecule has 184 valence electrons. The number of aryl methyl sites for hydroxylation is 1. The maximum Gasteiger partial charge on any atom is 0.393 e. The molecule has 7 nitrogen and oxygen atoms in total. The second kappa shape index (κ2) is 8.75. The van der Waals surface area contributed by atoms with Gasteiger partial charge in [-0.2, -0.15) is 13.2 Å². The van der Waals surface area contributed by atoms with E-state index >= 15 is 0 Å². The van der Waals surface area contributed by atoms with Gasteiger partial charge in [-0.3, -0.25) is 0 Å². The molecule has 1 N–H and O–H groups in total. The molecule has 0 spiro atoms. The van der Waals surface area contributed by atoms with Crippen molar-refractivity contribution in [3.8, 4) is 0 Å². The maximum absolute atomic E-state index is 13.1. The van der Waals surface area contributed by atoms with Crippen molar-refractivity contribution in [3.63, 3.8) is 0 Å². The molecule has 1 unspecified atom stereocenters. The molecule has 0 aromatic carbocycles. The molecular weight excluding hydrogens is 467 g/mol. The van der Waals surface area contributed by atoms with Crippen molar-refractivity contribution in [2.75, 3.05) is 18.8 Å². The summed E-state index contributed by atoms with van der Waals surface area (Å²) in [5.41, 5.74) is 2.56. The molecular formula is C23H28F3N5O2S. The molecule has 1 saturated carbocycles. The summed E-state index contributed by atoms with van der Waals surface area (Å²) in [6, 6.07) is 1.93. The van der Waals surface area contributed by atoms with E-state index in [4.69, 9.17) is 0 Å². The monoisotopic (exact) mass is 495 g/mol. The standard InChI is InChI=1S/C23H28F3N5O2S/c1-14-29-19-11-28-22-18(8-9-27-22)20(19)21(30-14)16-6-4-15(5-7-16)13-34(32,33)31-10-2-3-17(12-31)23(24,25)26/h8-9,11,15-17H,2-7,10,12-13H2,1H3,(H,29,30). The minimum atomic E-state index is -4.35. The van der Waals surface area contributed by atoms with E-state index < -0.39 is 28.7 Å². The van der Waals surface area contributed by atoms with Crippen LogP contribution in [0.1, 0.15) is 56.0 Å². The molecule has 2 aliphatic rings. The Labute approximate surface area is 196 Å². The molecule has 1 aliphatic heterocycles. The van der Waals surface area contributed by atoms with Crippen molar-refractivity contribution in [1.29, 1.82) is 0 Å². The third-order valence-corrected chi connectivity index (χ3v) is 9.34. The SMILES string of the molecule is Cc1nc2cnc3nccc3c2c(C2CCC(CS(=O)(=O)N3CCCC(C(F)(F)F)C3)CC2)[nH]1. The second-order valence-electron chi connectivity index (χ2n) is 9.67. The Kier molecular flexibility index (Phi) is 6.04. The van der Waals surface area contributed by atoms with E-state index in [0.29, 0.717) is 18.5 Å². The average Bonchev–Trinajstić information content (AvgIpc) is 3.27. The van der Waals surface area contributed by atoms with Crippen LogP contribution in [-0.4, -0.2) is 57.7 Å². The lowest BCUT2D eigenvalue weighted by Crippen LogP contribution is -2.46. The van der Waals surface area contributed by atoms with Crippen LogP contribution in [0.2, 0.25) is 0 Å². The number of halogens is 3. The average molecular weight is 496 g/mol. The van der Waals surface area contributed by atoms with Gasteiger partial charge in [0.2, 0.25) is 10.0 Å². The number of nitrogens with one attached hydrogen (secondary N) is 1. The zero-order valence-corrected chi connectivity index (χ0v) is 19.8. The molecule has 0 bridgehead atoms. The number of hydrogen-bond donors (Lipinski definition) is 1. The van der Waals surface area contributed by atoms with Crippen molar-refractivity contribution < 1.29 is 21.6 Å². The smallest absolute Gasteiger partial charge is 0.347 e. The van der Waals surface area contributed by atoms with Gasteiger partial charge in [-0.25, -0.2) is 27.7 Å². The maximum atomic E-state index is 13.1. The van der Waals surface area contributed by atoms with E-state index in [1.807, 2.05) is 13.0 Å². The van der Waals surface area contributed by atoms with Crippen LogP contribution in [0, 0.1) is 18.8 Å². The van der Waals surface area contributed by atoms with Crippen LogP contribution in [0.15, 0.2) is 18.5 Å². The number of alkyl halides is 3. The summed E-state index contributed by atoms with van der Waals surface area (Å²) in [7, 11) is -3.72. The zero-order chi connectivity index (χ0) is 24.1. The fraction of sp³-hybridized carbons (Fsp3) is 0.609. The van der Waals surface area contributed by atoms with E-state index in [-0.39, 0.29) is 37.0 Å². The van der Waals surface area contributed by atoms with Crippen molar-refractivity contribution >= 4 is 32.0 Å². The minimum absolute atomic E-state index is 0.00186. The lowest BCUT2D eigenvalue weighted by atomic mass is 9.80. The van der Waals surface area contributed by atoms with Crippen LogP contribution in [-0.2, 0) is 10.0 Å². The molecule has 3 aromatic heterocycles. The summed E-state index contributed by atoms with van der Waals surface area (Å²) < 4.78 is 66.4. The molecule has 34 heavy (non-hydrogen) atoms. The van der Waals surface area contributed by atoms with E-state index in [1.165, 1.54) is 0 Å². The highest BCUT2D eigenvalue weighted by atomic mass is 32.2. The van der Waals surface area contributed by atoms with Gasteiger partial charge in [-0.1, -0.05) is 0 Å². The third-order valence-electron chi connectivity index (χ3n) is 7.33. The minimum Gasteiger partial charge on any atom is -0.347 e. The van der Waals surface area contributed by atoms with Gasteiger partial charge in [-0.05, 0) is 63.4 Å². The molecule has 5 rings (SSSR count). The lowest BCUT2D eigenvalue weighted by molar-refractivity contribution is -0.182. The van der Waals surface area contributed by atoms with Gasteiger partial charge in [0.1, 0.15) is 5.82 Å². The van der Waals surface area contributed by atoms with E-state index in [9.17, 15) is 21.6 Å². The Bertz CT molecular complexity index is 1300. The summed E-state index contributed by atoms with van der Waals surface area (Å²) in [4.78, 5) is 16.7. The Morgan fingerprint density at radius 2 is 1.91 bits per heavy atom. The zero-order valence-electron chi connectivity index (χ0n) is 19.0. The fourth-order valence-corrected chi connectivity index (χ4v) is 7.53.